The molecule has 0 unspecified atom stereocenters. The molecule has 2 bridgehead atoms. The van der Waals surface area contributed by atoms with Gasteiger partial charge >= 0.3 is 0 Å². The van der Waals surface area contributed by atoms with Crippen LogP contribution >= 0.6 is 0 Å². The molecule has 2 atom stereocenters. The summed E-state index contributed by atoms with van der Waals surface area (Å²) in [6, 6.07) is 7.97. The maximum Gasteiger partial charge on any atom is 0.229 e. The van der Waals surface area contributed by atoms with E-state index in [0.29, 0.717) is 19.8 Å². The molecule has 2 aliphatic heterocycles. The van der Waals surface area contributed by atoms with Gasteiger partial charge in [-0.05, 0) is 6.07 Å². The van der Waals surface area contributed by atoms with Crippen LogP contribution in [0.25, 0.3) is 0 Å². The summed E-state index contributed by atoms with van der Waals surface area (Å²) in [5.74, 6) is 0.879. The number of carbonyl (C=O) groups is 1. The minimum Gasteiger partial charge on any atom is -0.491 e. The number of rotatable bonds is 5. The number of hydrogen-bond acceptors (Lipinski definition) is 5. The molecule has 126 valence electrons. The van der Waals surface area contributed by atoms with Gasteiger partial charge in [0.15, 0.2) is 0 Å². The van der Waals surface area contributed by atoms with E-state index >= 15 is 0 Å². The standard InChI is InChI=1S/C17H24N2O4/c1-18-15-10-19(9-14(17(18)21)11-22-12-15)8-13-4-2-3-5-16(13)23-7-6-20/h2-5,14-15,20H,6-12H2,1H3/t14-,15+/m1/s1. The van der Waals surface area contributed by atoms with Gasteiger partial charge in [0.1, 0.15) is 12.4 Å². The van der Waals surface area contributed by atoms with Crippen LogP contribution in [0.3, 0.4) is 0 Å². The molecule has 2 heterocycles. The highest BCUT2D eigenvalue weighted by atomic mass is 16.5. The number of hydrogen-bond donors (Lipinski definition) is 1. The summed E-state index contributed by atoms with van der Waals surface area (Å²) in [4.78, 5) is 16.5. The van der Waals surface area contributed by atoms with Crippen molar-refractivity contribution in [2.75, 3.05) is 46.6 Å². The first-order chi connectivity index (χ1) is 11.2. The maximum atomic E-state index is 12.4. The Kier molecular flexibility index (Phi) is 5.15. The summed E-state index contributed by atoms with van der Waals surface area (Å²) in [5, 5.41) is 8.95. The third kappa shape index (κ3) is 3.65. The molecular weight excluding hydrogens is 296 g/mol. The number of likely N-dealkylation sites (N-methyl/N-ethyl adjacent to an activating group) is 1. The third-order valence-electron chi connectivity index (χ3n) is 4.54. The van der Waals surface area contributed by atoms with E-state index in [1.54, 1.807) is 0 Å². The number of ether oxygens (including phenoxy) is 2. The van der Waals surface area contributed by atoms with Crippen LogP contribution in [0.4, 0.5) is 0 Å². The van der Waals surface area contributed by atoms with Gasteiger partial charge in [0.25, 0.3) is 0 Å². The first-order valence-electron chi connectivity index (χ1n) is 8.07. The number of nitrogens with zero attached hydrogens (tertiary/aromatic N) is 2. The smallest absolute Gasteiger partial charge is 0.229 e. The van der Waals surface area contributed by atoms with E-state index in [2.05, 4.69) is 4.90 Å². The van der Waals surface area contributed by atoms with Crippen molar-refractivity contribution in [3.63, 3.8) is 0 Å². The Bertz CT molecular complexity index is 551. The van der Waals surface area contributed by atoms with Gasteiger partial charge in [0.2, 0.25) is 5.91 Å². The fraction of sp³-hybridized carbons (Fsp3) is 0.588. The molecule has 0 spiro atoms. The summed E-state index contributed by atoms with van der Waals surface area (Å²) in [7, 11) is 1.87. The monoisotopic (exact) mass is 320 g/mol. The van der Waals surface area contributed by atoms with Gasteiger partial charge in [-0.2, -0.15) is 0 Å². The minimum absolute atomic E-state index is 0.00116. The molecule has 1 aromatic carbocycles. The first-order valence-corrected chi connectivity index (χ1v) is 8.07. The topological polar surface area (TPSA) is 62.2 Å². The molecule has 0 saturated carbocycles. The summed E-state index contributed by atoms with van der Waals surface area (Å²) >= 11 is 0. The van der Waals surface area contributed by atoms with Crippen molar-refractivity contribution >= 4 is 5.91 Å². The number of amides is 1. The second-order valence-electron chi connectivity index (χ2n) is 6.21. The molecule has 2 aliphatic rings. The second kappa shape index (κ2) is 7.29. The van der Waals surface area contributed by atoms with E-state index in [4.69, 9.17) is 14.6 Å². The van der Waals surface area contributed by atoms with Gasteiger partial charge in [0, 0.05) is 32.2 Å². The SMILES string of the molecule is CN1C(=O)[C@H]2COC[C@@H]1CN(Cc1ccccc1OCCO)C2. The van der Waals surface area contributed by atoms with Crippen LogP contribution in [0.15, 0.2) is 24.3 Å². The average molecular weight is 320 g/mol. The van der Waals surface area contributed by atoms with Gasteiger partial charge < -0.3 is 19.5 Å². The van der Waals surface area contributed by atoms with E-state index in [1.807, 2.05) is 36.2 Å². The van der Waals surface area contributed by atoms with E-state index in [1.165, 1.54) is 0 Å². The maximum absolute atomic E-state index is 12.4. The minimum atomic E-state index is -0.0991. The summed E-state index contributed by atoms with van der Waals surface area (Å²) < 4.78 is 11.3. The zero-order valence-corrected chi connectivity index (χ0v) is 13.5. The fourth-order valence-corrected chi connectivity index (χ4v) is 3.29. The Labute approximate surface area is 136 Å². The number of fused-ring (bicyclic) bond motifs is 3. The molecule has 2 saturated heterocycles. The molecule has 0 aromatic heterocycles. The average Bonchev–Trinajstić information content (AvgIpc) is 2.73. The lowest BCUT2D eigenvalue weighted by Crippen LogP contribution is -2.42. The second-order valence-corrected chi connectivity index (χ2v) is 6.21. The highest BCUT2D eigenvalue weighted by Gasteiger charge is 2.37. The van der Waals surface area contributed by atoms with E-state index in [9.17, 15) is 4.79 Å². The zero-order chi connectivity index (χ0) is 16.2. The molecule has 3 rings (SSSR count). The van der Waals surface area contributed by atoms with Crippen molar-refractivity contribution in [2.45, 2.75) is 12.6 Å². The summed E-state index contributed by atoms with van der Waals surface area (Å²) in [6.45, 7) is 3.61. The van der Waals surface area contributed by atoms with Crippen molar-refractivity contribution in [1.29, 1.82) is 0 Å². The largest absolute Gasteiger partial charge is 0.491 e. The molecule has 0 aliphatic carbocycles. The quantitative estimate of drug-likeness (QED) is 0.848. The lowest BCUT2D eigenvalue weighted by molar-refractivity contribution is -0.133. The van der Waals surface area contributed by atoms with Crippen molar-refractivity contribution < 1.29 is 19.4 Å². The normalized spacial score (nSPS) is 25.3. The van der Waals surface area contributed by atoms with Crippen LogP contribution in [0.2, 0.25) is 0 Å². The van der Waals surface area contributed by atoms with Gasteiger partial charge in [-0.3, -0.25) is 9.69 Å². The highest BCUT2D eigenvalue weighted by molar-refractivity contribution is 5.79. The van der Waals surface area contributed by atoms with Gasteiger partial charge in [0.05, 0.1) is 31.8 Å². The van der Waals surface area contributed by atoms with Crippen LogP contribution in [-0.2, 0) is 16.1 Å². The van der Waals surface area contributed by atoms with Crippen LogP contribution in [-0.4, -0.2) is 73.4 Å². The molecule has 23 heavy (non-hydrogen) atoms. The number of carbonyl (C=O) groups excluding carboxylic acids is 1. The van der Waals surface area contributed by atoms with E-state index in [0.717, 1.165) is 24.4 Å². The Morgan fingerprint density at radius 1 is 1.30 bits per heavy atom. The van der Waals surface area contributed by atoms with Gasteiger partial charge in [-0.25, -0.2) is 0 Å². The number of para-hydroxylation sites is 1. The molecule has 6 heteroatoms. The predicted octanol–water partition coefficient (Wildman–Crippen LogP) is 0.347. The summed E-state index contributed by atoms with van der Waals surface area (Å²) in [6.07, 6.45) is 0. The fourth-order valence-electron chi connectivity index (χ4n) is 3.29. The lowest BCUT2D eigenvalue weighted by Gasteiger charge is -2.29. The number of aliphatic hydroxyl groups is 1. The Morgan fingerprint density at radius 2 is 2.13 bits per heavy atom. The van der Waals surface area contributed by atoms with Crippen molar-refractivity contribution in [1.82, 2.24) is 9.80 Å². The predicted molar refractivity (Wildman–Crippen MR) is 85.2 cm³/mol. The molecule has 1 amide bonds. The lowest BCUT2D eigenvalue weighted by atomic mass is 10.1. The Balaban J connectivity index is 1.74. The van der Waals surface area contributed by atoms with Crippen LogP contribution in [0, 0.1) is 5.92 Å². The number of benzene rings is 1. The van der Waals surface area contributed by atoms with Crippen LogP contribution in [0.5, 0.6) is 5.75 Å². The molecule has 1 aromatic rings. The Morgan fingerprint density at radius 3 is 2.96 bits per heavy atom. The molecule has 2 fully saturated rings. The van der Waals surface area contributed by atoms with Gasteiger partial charge in [-0.15, -0.1) is 0 Å². The van der Waals surface area contributed by atoms with Crippen molar-refractivity contribution in [2.24, 2.45) is 5.92 Å². The highest BCUT2D eigenvalue weighted by Crippen LogP contribution is 2.24. The van der Waals surface area contributed by atoms with Crippen LogP contribution in [0.1, 0.15) is 5.56 Å². The van der Waals surface area contributed by atoms with Gasteiger partial charge in [-0.1, -0.05) is 18.2 Å². The van der Waals surface area contributed by atoms with Crippen LogP contribution < -0.4 is 4.74 Å². The van der Waals surface area contributed by atoms with E-state index < -0.39 is 0 Å². The van der Waals surface area contributed by atoms with Crippen molar-refractivity contribution in [3.05, 3.63) is 29.8 Å². The molecule has 6 nitrogen and oxygen atoms in total. The first kappa shape index (κ1) is 16.2. The summed E-state index contributed by atoms with van der Waals surface area (Å²) in [5.41, 5.74) is 1.08. The molecule has 0 radical (unpaired) electrons. The Hall–Kier alpha value is -1.63. The van der Waals surface area contributed by atoms with Crippen molar-refractivity contribution in [3.8, 4) is 5.75 Å². The third-order valence-corrected chi connectivity index (χ3v) is 4.54. The molecule has 1 N–H and O–H groups in total. The molecular formula is C17H24N2O4. The zero-order valence-electron chi connectivity index (χ0n) is 13.5. The van der Waals surface area contributed by atoms with E-state index in [-0.39, 0.29) is 31.1 Å². The number of aliphatic hydroxyl groups excluding tert-OH is 1.